The average Bonchev–Trinajstić information content (AvgIpc) is 3.29. The third kappa shape index (κ3) is 3.61. The number of hydrogen-bond donors (Lipinski definition) is 1. The normalized spacial score (nSPS) is 26.7. The van der Waals surface area contributed by atoms with Gasteiger partial charge in [0.15, 0.2) is 0 Å². The van der Waals surface area contributed by atoms with Gasteiger partial charge in [0.2, 0.25) is 0 Å². The van der Waals surface area contributed by atoms with Crippen LogP contribution in [0.5, 0.6) is 0 Å². The van der Waals surface area contributed by atoms with Crippen LogP contribution in [0.15, 0.2) is 30.3 Å². The Morgan fingerprint density at radius 2 is 1.70 bits per heavy atom. The van der Waals surface area contributed by atoms with Crippen LogP contribution >= 0.6 is 0 Å². The second-order valence-corrected chi connectivity index (χ2v) is 8.12. The molecule has 6 heteroatoms. The van der Waals surface area contributed by atoms with E-state index >= 15 is 0 Å². The molecular weight excluding hydrogens is 340 g/mol. The molecule has 1 amide bonds. The molecule has 2 unspecified atom stereocenters. The van der Waals surface area contributed by atoms with E-state index in [9.17, 15) is 4.79 Å². The van der Waals surface area contributed by atoms with E-state index in [2.05, 4.69) is 14.8 Å². The van der Waals surface area contributed by atoms with Crippen molar-refractivity contribution in [2.75, 3.05) is 52.4 Å². The minimum atomic E-state index is 0.121. The number of aromatic nitrogens is 1. The number of para-hydroxylation sites is 1. The van der Waals surface area contributed by atoms with Gasteiger partial charge in [-0.15, -0.1) is 0 Å². The van der Waals surface area contributed by atoms with E-state index in [1.165, 1.54) is 12.8 Å². The number of hydrogen-bond acceptors (Lipinski definition) is 4. The van der Waals surface area contributed by atoms with E-state index in [0.717, 1.165) is 63.3 Å². The Hall–Kier alpha value is -1.89. The first-order valence-electron chi connectivity index (χ1n) is 10.2. The van der Waals surface area contributed by atoms with Crippen molar-refractivity contribution < 1.29 is 9.53 Å². The zero-order chi connectivity index (χ0) is 18.2. The number of carbonyl (C=O) groups excluding carboxylic acids is 1. The number of nitrogens with zero attached hydrogens (tertiary/aromatic N) is 3. The van der Waals surface area contributed by atoms with Gasteiger partial charge in [-0.05, 0) is 25.0 Å². The number of ether oxygens (including phenoxy) is 1. The summed E-state index contributed by atoms with van der Waals surface area (Å²) in [7, 11) is 0. The molecule has 1 aromatic carbocycles. The second kappa shape index (κ2) is 7.26. The molecule has 5 rings (SSSR count). The molecule has 1 N–H and O–H groups in total. The average molecular weight is 368 g/mol. The van der Waals surface area contributed by atoms with E-state index in [0.29, 0.717) is 17.9 Å². The fraction of sp³-hybridized carbons (Fsp3) is 0.571. The third-order valence-electron chi connectivity index (χ3n) is 6.27. The van der Waals surface area contributed by atoms with Crippen molar-refractivity contribution >= 4 is 16.8 Å². The fourth-order valence-corrected chi connectivity index (χ4v) is 4.70. The molecule has 4 heterocycles. The topological polar surface area (TPSA) is 51.8 Å². The molecule has 3 saturated heterocycles. The van der Waals surface area contributed by atoms with Crippen LogP contribution in [0.25, 0.3) is 10.9 Å². The zero-order valence-corrected chi connectivity index (χ0v) is 15.8. The maximum Gasteiger partial charge on any atom is 0.270 e. The van der Waals surface area contributed by atoms with Crippen LogP contribution in [0.2, 0.25) is 0 Å². The van der Waals surface area contributed by atoms with Crippen molar-refractivity contribution in [3.05, 3.63) is 36.0 Å². The summed E-state index contributed by atoms with van der Waals surface area (Å²) >= 11 is 0. The highest BCUT2D eigenvalue weighted by molar-refractivity contribution is 5.98. The van der Waals surface area contributed by atoms with Crippen molar-refractivity contribution in [1.82, 2.24) is 19.7 Å². The molecule has 2 bridgehead atoms. The summed E-state index contributed by atoms with van der Waals surface area (Å²) in [5.41, 5.74) is 1.73. The van der Waals surface area contributed by atoms with Crippen molar-refractivity contribution in [2.24, 2.45) is 0 Å². The van der Waals surface area contributed by atoms with E-state index in [1.807, 2.05) is 35.2 Å². The molecule has 0 aliphatic carbocycles. The summed E-state index contributed by atoms with van der Waals surface area (Å²) in [6.45, 7) is 7.93. The SMILES string of the molecule is O=C(c1cc2ccccc2[nH]1)N1CCN(CCN2CC3CCC(C2)O3)CC1. The largest absolute Gasteiger partial charge is 0.372 e. The predicted octanol–water partition coefficient (Wildman–Crippen LogP) is 1.79. The number of aromatic amines is 1. The highest BCUT2D eigenvalue weighted by atomic mass is 16.5. The molecule has 3 fully saturated rings. The molecule has 1 aromatic heterocycles. The number of H-pyrrole nitrogens is 1. The Kier molecular flexibility index (Phi) is 4.63. The van der Waals surface area contributed by atoms with Gasteiger partial charge < -0.3 is 14.6 Å². The standard InChI is InChI=1S/C21H28N4O2/c26-21(20-13-16-3-1-2-4-19(16)22-20)25-11-9-23(10-12-25)7-8-24-14-17-5-6-18(15-24)27-17/h1-4,13,17-18,22H,5-12,14-15H2. The predicted molar refractivity (Wildman–Crippen MR) is 105 cm³/mol. The Morgan fingerprint density at radius 1 is 1.00 bits per heavy atom. The third-order valence-corrected chi connectivity index (χ3v) is 6.27. The van der Waals surface area contributed by atoms with E-state index in [1.54, 1.807) is 0 Å². The Morgan fingerprint density at radius 3 is 2.44 bits per heavy atom. The van der Waals surface area contributed by atoms with Gasteiger partial charge in [-0.3, -0.25) is 14.6 Å². The number of fused-ring (bicyclic) bond motifs is 3. The fourth-order valence-electron chi connectivity index (χ4n) is 4.70. The van der Waals surface area contributed by atoms with Crippen LogP contribution in [-0.2, 0) is 4.74 Å². The molecule has 3 aliphatic rings. The molecule has 0 spiro atoms. The lowest BCUT2D eigenvalue weighted by Gasteiger charge is -2.37. The van der Waals surface area contributed by atoms with E-state index in [4.69, 9.17) is 4.74 Å². The Balaban J connectivity index is 1.12. The van der Waals surface area contributed by atoms with E-state index < -0.39 is 0 Å². The quantitative estimate of drug-likeness (QED) is 0.894. The van der Waals surface area contributed by atoms with Gasteiger partial charge in [-0.25, -0.2) is 0 Å². The summed E-state index contributed by atoms with van der Waals surface area (Å²) in [5, 5.41) is 1.10. The lowest BCUT2D eigenvalue weighted by atomic mass is 10.2. The van der Waals surface area contributed by atoms with Gasteiger partial charge in [0, 0.05) is 63.3 Å². The number of benzene rings is 1. The maximum absolute atomic E-state index is 12.8. The van der Waals surface area contributed by atoms with Crippen molar-refractivity contribution in [3.8, 4) is 0 Å². The number of likely N-dealkylation sites (tertiary alicyclic amines) is 1. The molecular formula is C21H28N4O2. The van der Waals surface area contributed by atoms with Gasteiger partial charge in [-0.2, -0.15) is 0 Å². The van der Waals surface area contributed by atoms with Crippen LogP contribution < -0.4 is 0 Å². The minimum Gasteiger partial charge on any atom is -0.372 e. The van der Waals surface area contributed by atoms with Crippen molar-refractivity contribution in [1.29, 1.82) is 0 Å². The summed E-state index contributed by atoms with van der Waals surface area (Å²) < 4.78 is 5.92. The first kappa shape index (κ1) is 17.2. The number of nitrogens with one attached hydrogen (secondary N) is 1. The molecule has 0 radical (unpaired) electrons. The number of piperazine rings is 1. The highest BCUT2D eigenvalue weighted by Crippen LogP contribution is 2.26. The van der Waals surface area contributed by atoms with Crippen LogP contribution in [0, 0.1) is 0 Å². The van der Waals surface area contributed by atoms with Gasteiger partial charge in [-0.1, -0.05) is 18.2 Å². The minimum absolute atomic E-state index is 0.121. The van der Waals surface area contributed by atoms with Crippen LogP contribution in [-0.4, -0.2) is 90.2 Å². The lowest BCUT2D eigenvalue weighted by Crippen LogP contribution is -2.51. The molecule has 0 saturated carbocycles. The number of rotatable bonds is 4. The maximum atomic E-state index is 12.8. The first-order chi connectivity index (χ1) is 13.2. The lowest BCUT2D eigenvalue weighted by molar-refractivity contribution is -0.0409. The first-order valence-corrected chi connectivity index (χ1v) is 10.2. The monoisotopic (exact) mass is 368 g/mol. The Bertz CT molecular complexity index is 766. The van der Waals surface area contributed by atoms with Crippen LogP contribution in [0.1, 0.15) is 23.3 Å². The summed E-state index contributed by atoms with van der Waals surface area (Å²) in [6, 6.07) is 10.0. The smallest absolute Gasteiger partial charge is 0.270 e. The zero-order valence-electron chi connectivity index (χ0n) is 15.8. The number of carbonyl (C=O) groups is 1. The molecule has 144 valence electrons. The Labute approximate surface area is 160 Å². The highest BCUT2D eigenvalue weighted by Gasteiger charge is 2.33. The molecule has 3 aliphatic heterocycles. The van der Waals surface area contributed by atoms with Gasteiger partial charge in [0.25, 0.3) is 5.91 Å². The van der Waals surface area contributed by atoms with Gasteiger partial charge >= 0.3 is 0 Å². The number of amides is 1. The summed E-state index contributed by atoms with van der Waals surface area (Å²) in [5.74, 6) is 0.121. The van der Waals surface area contributed by atoms with Crippen molar-refractivity contribution in [2.45, 2.75) is 25.0 Å². The van der Waals surface area contributed by atoms with Crippen LogP contribution in [0.3, 0.4) is 0 Å². The molecule has 27 heavy (non-hydrogen) atoms. The molecule has 2 atom stereocenters. The van der Waals surface area contributed by atoms with Gasteiger partial charge in [0.1, 0.15) is 5.69 Å². The number of morpholine rings is 1. The molecule has 2 aromatic rings. The van der Waals surface area contributed by atoms with Crippen molar-refractivity contribution in [3.63, 3.8) is 0 Å². The summed E-state index contributed by atoms with van der Waals surface area (Å²) in [4.78, 5) is 23.1. The second-order valence-electron chi connectivity index (χ2n) is 8.12. The van der Waals surface area contributed by atoms with Gasteiger partial charge in [0.05, 0.1) is 12.2 Å². The van der Waals surface area contributed by atoms with Crippen LogP contribution in [0.4, 0.5) is 0 Å². The summed E-state index contributed by atoms with van der Waals surface area (Å²) in [6.07, 6.45) is 3.40. The van der Waals surface area contributed by atoms with E-state index in [-0.39, 0.29) is 5.91 Å². The molecule has 6 nitrogen and oxygen atoms in total.